The van der Waals surface area contributed by atoms with Crippen LogP contribution in [0.1, 0.15) is 4.88 Å². The lowest BCUT2D eigenvalue weighted by Gasteiger charge is -2.02. The third-order valence-electron chi connectivity index (χ3n) is 2.73. The largest absolute Gasteiger partial charge is 0.384 e. The second-order valence-electron chi connectivity index (χ2n) is 4.11. The Morgan fingerprint density at radius 2 is 1.89 bits per heavy atom. The van der Waals surface area contributed by atoms with Crippen LogP contribution in [-0.2, 0) is 0 Å². The maximum atomic E-state index is 6.02. The van der Waals surface area contributed by atoms with Crippen molar-refractivity contribution in [2.75, 3.05) is 5.73 Å². The van der Waals surface area contributed by atoms with Crippen LogP contribution in [0.5, 0.6) is 0 Å². The van der Waals surface area contributed by atoms with Crippen LogP contribution in [0.3, 0.4) is 0 Å². The molecule has 3 rings (SSSR count). The standard InChI is InChI=1S/C14H13N3S/c1-10-7-8-13(18-10)12-9-14(15)17(16-12)11-5-3-2-4-6-11/h2-9H,15H2,1H3. The highest BCUT2D eigenvalue weighted by atomic mass is 32.1. The van der Waals surface area contributed by atoms with Crippen LogP contribution in [0.15, 0.2) is 48.5 Å². The van der Waals surface area contributed by atoms with Gasteiger partial charge in [0.25, 0.3) is 0 Å². The monoisotopic (exact) mass is 255 g/mol. The molecule has 4 heteroatoms. The summed E-state index contributed by atoms with van der Waals surface area (Å²) < 4.78 is 1.77. The SMILES string of the molecule is Cc1ccc(-c2cc(N)n(-c3ccccc3)n2)s1. The fraction of sp³-hybridized carbons (Fsp3) is 0.0714. The van der Waals surface area contributed by atoms with Gasteiger partial charge in [-0.15, -0.1) is 11.3 Å². The first-order chi connectivity index (χ1) is 8.74. The topological polar surface area (TPSA) is 43.8 Å². The number of anilines is 1. The van der Waals surface area contributed by atoms with E-state index in [2.05, 4.69) is 24.2 Å². The molecule has 0 amide bonds. The molecule has 0 aliphatic rings. The van der Waals surface area contributed by atoms with Gasteiger partial charge in [-0.05, 0) is 31.2 Å². The summed E-state index contributed by atoms with van der Waals surface area (Å²) in [5, 5.41) is 4.57. The molecular formula is C14H13N3S. The molecule has 0 saturated heterocycles. The second-order valence-corrected chi connectivity index (χ2v) is 5.40. The zero-order valence-corrected chi connectivity index (χ0v) is 10.8. The molecule has 18 heavy (non-hydrogen) atoms. The first-order valence-electron chi connectivity index (χ1n) is 5.72. The van der Waals surface area contributed by atoms with Crippen molar-refractivity contribution in [3.05, 3.63) is 53.4 Å². The highest BCUT2D eigenvalue weighted by Crippen LogP contribution is 2.28. The van der Waals surface area contributed by atoms with Crippen LogP contribution in [0.25, 0.3) is 16.3 Å². The van der Waals surface area contributed by atoms with Crippen LogP contribution in [0.4, 0.5) is 5.82 Å². The van der Waals surface area contributed by atoms with Crippen molar-refractivity contribution in [3.63, 3.8) is 0 Å². The highest BCUT2D eigenvalue weighted by Gasteiger charge is 2.09. The summed E-state index contributed by atoms with van der Waals surface area (Å²) in [6.45, 7) is 2.09. The quantitative estimate of drug-likeness (QED) is 0.761. The Balaban J connectivity index is 2.06. The molecule has 0 bridgehead atoms. The Hall–Kier alpha value is -2.07. The van der Waals surface area contributed by atoms with E-state index >= 15 is 0 Å². The van der Waals surface area contributed by atoms with Crippen molar-refractivity contribution in [1.29, 1.82) is 0 Å². The highest BCUT2D eigenvalue weighted by molar-refractivity contribution is 7.15. The summed E-state index contributed by atoms with van der Waals surface area (Å²) in [5.74, 6) is 0.655. The van der Waals surface area contributed by atoms with Crippen molar-refractivity contribution in [1.82, 2.24) is 9.78 Å². The van der Waals surface area contributed by atoms with E-state index in [0.29, 0.717) is 5.82 Å². The number of hydrogen-bond acceptors (Lipinski definition) is 3. The van der Waals surface area contributed by atoms with Gasteiger partial charge >= 0.3 is 0 Å². The maximum absolute atomic E-state index is 6.02. The molecule has 0 saturated carbocycles. The van der Waals surface area contributed by atoms with E-state index in [1.165, 1.54) is 4.88 Å². The van der Waals surface area contributed by atoms with Crippen LogP contribution in [0, 0.1) is 6.92 Å². The summed E-state index contributed by atoms with van der Waals surface area (Å²) in [6.07, 6.45) is 0. The lowest BCUT2D eigenvalue weighted by molar-refractivity contribution is 0.896. The zero-order valence-electron chi connectivity index (χ0n) is 10.00. The molecule has 90 valence electrons. The van der Waals surface area contributed by atoms with E-state index in [1.54, 1.807) is 16.0 Å². The fourth-order valence-electron chi connectivity index (χ4n) is 1.86. The van der Waals surface area contributed by atoms with Gasteiger partial charge in [0.05, 0.1) is 10.6 Å². The van der Waals surface area contributed by atoms with Crippen LogP contribution in [-0.4, -0.2) is 9.78 Å². The molecule has 2 N–H and O–H groups in total. The lowest BCUT2D eigenvalue weighted by atomic mass is 10.3. The minimum absolute atomic E-state index is 0.655. The number of hydrogen-bond donors (Lipinski definition) is 1. The van der Waals surface area contributed by atoms with Gasteiger partial charge in [-0.2, -0.15) is 5.10 Å². The van der Waals surface area contributed by atoms with E-state index < -0.39 is 0 Å². The van der Waals surface area contributed by atoms with Crippen molar-refractivity contribution in [2.24, 2.45) is 0 Å². The normalized spacial score (nSPS) is 10.7. The van der Waals surface area contributed by atoms with Gasteiger partial charge < -0.3 is 5.73 Å². The Morgan fingerprint density at radius 3 is 2.56 bits per heavy atom. The molecule has 0 unspecified atom stereocenters. The van der Waals surface area contributed by atoms with Gasteiger partial charge in [-0.3, -0.25) is 0 Å². The molecule has 2 aromatic heterocycles. The summed E-state index contributed by atoms with van der Waals surface area (Å²) in [4.78, 5) is 2.42. The molecule has 0 fully saturated rings. The number of aromatic nitrogens is 2. The number of nitrogen functional groups attached to an aromatic ring is 1. The Morgan fingerprint density at radius 1 is 1.11 bits per heavy atom. The zero-order chi connectivity index (χ0) is 12.5. The van der Waals surface area contributed by atoms with Gasteiger partial charge in [0, 0.05) is 10.9 Å². The van der Waals surface area contributed by atoms with Crippen molar-refractivity contribution < 1.29 is 0 Å². The minimum atomic E-state index is 0.655. The first-order valence-corrected chi connectivity index (χ1v) is 6.53. The number of para-hydroxylation sites is 1. The third kappa shape index (κ3) is 1.91. The summed E-state index contributed by atoms with van der Waals surface area (Å²) in [6, 6.07) is 16.0. The second kappa shape index (κ2) is 4.31. The van der Waals surface area contributed by atoms with Crippen LogP contribution >= 0.6 is 11.3 Å². The number of aryl methyl sites for hydroxylation is 1. The molecular weight excluding hydrogens is 242 g/mol. The average molecular weight is 255 g/mol. The molecule has 0 spiro atoms. The number of rotatable bonds is 2. The molecule has 0 aliphatic heterocycles. The lowest BCUT2D eigenvalue weighted by Crippen LogP contribution is -2.00. The minimum Gasteiger partial charge on any atom is -0.384 e. The molecule has 1 aromatic carbocycles. The van der Waals surface area contributed by atoms with Crippen molar-refractivity contribution >= 4 is 17.2 Å². The first kappa shape index (κ1) is 11.0. The Kier molecular flexibility index (Phi) is 2.64. The molecule has 0 atom stereocenters. The van der Waals surface area contributed by atoms with E-state index in [1.807, 2.05) is 36.4 Å². The molecule has 0 radical (unpaired) electrons. The van der Waals surface area contributed by atoms with Crippen LogP contribution < -0.4 is 5.73 Å². The predicted octanol–water partition coefficient (Wildman–Crippen LogP) is 3.49. The third-order valence-corrected chi connectivity index (χ3v) is 3.75. The average Bonchev–Trinajstić information content (AvgIpc) is 2.97. The van der Waals surface area contributed by atoms with Gasteiger partial charge in [0.2, 0.25) is 0 Å². The van der Waals surface area contributed by atoms with Gasteiger partial charge in [-0.25, -0.2) is 4.68 Å². The summed E-state index contributed by atoms with van der Waals surface area (Å²) in [5.41, 5.74) is 7.93. The molecule has 3 nitrogen and oxygen atoms in total. The number of nitrogens with zero attached hydrogens (tertiary/aromatic N) is 2. The van der Waals surface area contributed by atoms with E-state index in [0.717, 1.165) is 16.3 Å². The van der Waals surface area contributed by atoms with Gasteiger partial charge in [0.15, 0.2) is 0 Å². The summed E-state index contributed by atoms with van der Waals surface area (Å²) in [7, 11) is 0. The molecule has 2 heterocycles. The predicted molar refractivity (Wildman–Crippen MR) is 76.0 cm³/mol. The number of thiophene rings is 1. The number of nitrogens with two attached hydrogens (primary N) is 1. The van der Waals surface area contributed by atoms with E-state index in [4.69, 9.17) is 5.73 Å². The van der Waals surface area contributed by atoms with E-state index in [9.17, 15) is 0 Å². The molecule has 3 aromatic rings. The van der Waals surface area contributed by atoms with Crippen molar-refractivity contribution in [2.45, 2.75) is 6.92 Å². The van der Waals surface area contributed by atoms with Crippen LogP contribution in [0.2, 0.25) is 0 Å². The summed E-state index contributed by atoms with van der Waals surface area (Å²) >= 11 is 1.73. The van der Waals surface area contributed by atoms with Gasteiger partial charge in [-0.1, -0.05) is 18.2 Å². The van der Waals surface area contributed by atoms with Gasteiger partial charge in [0.1, 0.15) is 11.5 Å². The Labute approximate surface area is 109 Å². The number of benzene rings is 1. The fourth-order valence-corrected chi connectivity index (χ4v) is 2.69. The smallest absolute Gasteiger partial charge is 0.127 e. The maximum Gasteiger partial charge on any atom is 0.127 e. The molecule has 0 aliphatic carbocycles. The Bertz CT molecular complexity index is 667. The van der Waals surface area contributed by atoms with Crippen molar-refractivity contribution in [3.8, 4) is 16.3 Å². The van der Waals surface area contributed by atoms with E-state index in [-0.39, 0.29) is 0 Å².